The molecule has 0 radical (unpaired) electrons. The van der Waals surface area contributed by atoms with E-state index in [1.807, 2.05) is 0 Å². The van der Waals surface area contributed by atoms with Crippen LogP contribution < -0.4 is 11.5 Å². The molecular weight excluding hydrogens is 326 g/mol. The van der Waals surface area contributed by atoms with Gasteiger partial charge >= 0.3 is 5.97 Å². The van der Waals surface area contributed by atoms with Crippen LogP contribution in [0.4, 0.5) is 11.4 Å². The van der Waals surface area contributed by atoms with E-state index in [1.54, 1.807) is 12.1 Å². The van der Waals surface area contributed by atoms with Crippen LogP contribution in [-0.4, -0.2) is 34.6 Å². The summed E-state index contributed by atoms with van der Waals surface area (Å²) in [5, 5.41) is 9.53. The Kier molecular flexibility index (Phi) is 6.41. The normalized spacial score (nSPS) is 19.7. The van der Waals surface area contributed by atoms with Crippen molar-refractivity contribution in [2.24, 2.45) is 0 Å². The predicted molar refractivity (Wildman–Crippen MR) is 106 cm³/mol. The zero-order valence-corrected chi connectivity index (χ0v) is 15.8. The lowest BCUT2D eigenvalue weighted by Gasteiger charge is -2.42. The molecule has 5 N–H and O–H groups in total. The van der Waals surface area contributed by atoms with Crippen LogP contribution in [0.5, 0.6) is 0 Å². The fourth-order valence-corrected chi connectivity index (χ4v) is 4.88. The monoisotopic (exact) mass is 359 g/mol. The smallest absolute Gasteiger partial charge is 0.336 e. The van der Waals surface area contributed by atoms with Gasteiger partial charge in [0.05, 0.1) is 16.9 Å². The van der Waals surface area contributed by atoms with Crippen LogP contribution in [0, 0.1) is 0 Å². The molecule has 5 nitrogen and oxygen atoms in total. The Labute approximate surface area is 156 Å². The van der Waals surface area contributed by atoms with Gasteiger partial charge in [0.25, 0.3) is 0 Å². The van der Waals surface area contributed by atoms with Crippen LogP contribution in [0.1, 0.15) is 80.1 Å². The maximum absolute atomic E-state index is 11.6. The molecule has 0 bridgehead atoms. The topological polar surface area (TPSA) is 92.6 Å². The van der Waals surface area contributed by atoms with E-state index in [2.05, 4.69) is 4.90 Å². The largest absolute Gasteiger partial charge is 0.478 e. The molecule has 0 atom stereocenters. The van der Waals surface area contributed by atoms with Gasteiger partial charge in [-0.25, -0.2) is 4.79 Å². The highest BCUT2D eigenvalue weighted by Crippen LogP contribution is 2.31. The molecule has 1 aromatic rings. The third-order valence-corrected chi connectivity index (χ3v) is 6.33. The fraction of sp³-hybridized carbons (Fsp3) is 0.667. The highest BCUT2D eigenvalue weighted by molar-refractivity contribution is 5.93. The van der Waals surface area contributed by atoms with E-state index in [9.17, 15) is 9.90 Å². The Morgan fingerprint density at radius 1 is 0.962 bits per heavy atom. The van der Waals surface area contributed by atoms with Crippen molar-refractivity contribution in [1.29, 1.82) is 0 Å². The number of hydrogen-bond donors (Lipinski definition) is 3. The molecule has 0 heterocycles. The van der Waals surface area contributed by atoms with Crippen molar-refractivity contribution >= 4 is 17.3 Å². The molecule has 2 fully saturated rings. The van der Waals surface area contributed by atoms with Gasteiger partial charge in [-0.05, 0) is 49.8 Å². The van der Waals surface area contributed by atoms with Gasteiger partial charge in [-0.3, -0.25) is 4.90 Å². The lowest BCUT2D eigenvalue weighted by molar-refractivity contribution is 0.0693. The van der Waals surface area contributed by atoms with E-state index < -0.39 is 5.97 Å². The quantitative estimate of drug-likeness (QED) is 0.666. The van der Waals surface area contributed by atoms with Crippen LogP contribution in [0.25, 0.3) is 0 Å². The summed E-state index contributed by atoms with van der Waals surface area (Å²) in [4.78, 5) is 14.3. The Morgan fingerprint density at radius 2 is 1.50 bits per heavy atom. The molecule has 144 valence electrons. The van der Waals surface area contributed by atoms with Gasteiger partial charge in [0, 0.05) is 18.6 Å². The number of anilines is 2. The standard InChI is InChI=1S/C21H33N3O2/c22-19-12-11-18(21(25)26)17(20(19)23)13-14-24(15-7-3-1-4-8-15)16-9-5-2-6-10-16/h11-12,15-16H,1-10,13-14,22-23H2,(H,25,26). The molecule has 0 saturated heterocycles. The molecule has 5 heteroatoms. The summed E-state index contributed by atoms with van der Waals surface area (Å²) in [6.07, 6.45) is 13.7. The van der Waals surface area contributed by atoms with Crippen molar-refractivity contribution < 1.29 is 9.90 Å². The van der Waals surface area contributed by atoms with E-state index in [1.165, 1.54) is 64.2 Å². The number of aromatic carboxylic acids is 1. The molecule has 0 amide bonds. The first kappa shape index (κ1) is 19.0. The van der Waals surface area contributed by atoms with E-state index in [0.29, 0.717) is 41.0 Å². The number of carbonyl (C=O) groups is 1. The van der Waals surface area contributed by atoms with E-state index in [-0.39, 0.29) is 0 Å². The van der Waals surface area contributed by atoms with Crippen molar-refractivity contribution in [2.75, 3.05) is 18.0 Å². The first-order valence-electron chi connectivity index (χ1n) is 10.2. The number of nitrogen functional groups attached to an aromatic ring is 2. The minimum absolute atomic E-state index is 0.295. The number of benzene rings is 1. The fourth-order valence-electron chi connectivity index (χ4n) is 4.88. The van der Waals surface area contributed by atoms with Crippen LogP contribution in [0.2, 0.25) is 0 Å². The number of nitrogens with zero attached hydrogens (tertiary/aromatic N) is 1. The van der Waals surface area contributed by atoms with Gasteiger partial charge in [-0.15, -0.1) is 0 Å². The first-order valence-corrected chi connectivity index (χ1v) is 10.2. The highest BCUT2D eigenvalue weighted by atomic mass is 16.4. The molecule has 2 aliphatic carbocycles. The maximum atomic E-state index is 11.6. The Bertz CT molecular complexity index is 602. The molecule has 0 unspecified atom stereocenters. The minimum atomic E-state index is -0.923. The molecule has 0 spiro atoms. The summed E-state index contributed by atoms with van der Waals surface area (Å²) >= 11 is 0. The van der Waals surface area contributed by atoms with Gasteiger partial charge in [-0.2, -0.15) is 0 Å². The van der Waals surface area contributed by atoms with Crippen LogP contribution in [0.3, 0.4) is 0 Å². The second kappa shape index (κ2) is 8.76. The van der Waals surface area contributed by atoms with E-state index in [0.717, 1.165) is 6.54 Å². The van der Waals surface area contributed by atoms with Crippen molar-refractivity contribution in [1.82, 2.24) is 4.90 Å². The first-order chi connectivity index (χ1) is 12.6. The maximum Gasteiger partial charge on any atom is 0.336 e. The second-order valence-electron chi connectivity index (χ2n) is 7.97. The predicted octanol–water partition coefficient (Wildman–Crippen LogP) is 4.06. The van der Waals surface area contributed by atoms with Gasteiger partial charge in [0.2, 0.25) is 0 Å². The number of nitrogens with two attached hydrogens (primary N) is 2. The van der Waals surface area contributed by atoms with Crippen molar-refractivity contribution in [3.63, 3.8) is 0 Å². The Hall–Kier alpha value is -1.75. The van der Waals surface area contributed by atoms with Crippen LogP contribution in [-0.2, 0) is 6.42 Å². The summed E-state index contributed by atoms with van der Waals surface area (Å²) in [5.41, 5.74) is 14.0. The zero-order valence-electron chi connectivity index (χ0n) is 15.8. The Morgan fingerprint density at radius 3 is 2.00 bits per heavy atom. The summed E-state index contributed by atoms with van der Waals surface area (Å²) in [5.74, 6) is -0.923. The van der Waals surface area contributed by atoms with Gasteiger partial charge in [0.15, 0.2) is 0 Å². The van der Waals surface area contributed by atoms with E-state index >= 15 is 0 Å². The Balaban J connectivity index is 1.79. The van der Waals surface area contributed by atoms with E-state index in [4.69, 9.17) is 11.5 Å². The third kappa shape index (κ3) is 4.32. The van der Waals surface area contributed by atoms with Crippen molar-refractivity contribution in [3.8, 4) is 0 Å². The molecule has 3 rings (SSSR count). The molecule has 0 aliphatic heterocycles. The SMILES string of the molecule is Nc1ccc(C(=O)O)c(CCN(C2CCCCC2)C2CCCCC2)c1N. The average Bonchev–Trinajstić information content (AvgIpc) is 2.66. The number of carboxylic acids is 1. The number of rotatable bonds is 6. The summed E-state index contributed by atoms with van der Waals surface area (Å²) in [6, 6.07) is 4.47. The summed E-state index contributed by atoms with van der Waals surface area (Å²) in [6.45, 7) is 0.878. The van der Waals surface area contributed by atoms with Crippen LogP contribution >= 0.6 is 0 Å². The second-order valence-corrected chi connectivity index (χ2v) is 7.97. The molecule has 0 aromatic heterocycles. The molecule has 26 heavy (non-hydrogen) atoms. The molecule has 1 aromatic carbocycles. The lowest BCUT2D eigenvalue weighted by atomic mass is 9.88. The van der Waals surface area contributed by atoms with Gasteiger partial charge < -0.3 is 16.6 Å². The number of carboxylic acid groups (broad SMARTS) is 1. The van der Waals surface area contributed by atoms with Crippen molar-refractivity contribution in [2.45, 2.75) is 82.7 Å². The summed E-state index contributed by atoms with van der Waals surface area (Å²) in [7, 11) is 0. The summed E-state index contributed by atoms with van der Waals surface area (Å²) < 4.78 is 0. The van der Waals surface area contributed by atoms with Gasteiger partial charge in [-0.1, -0.05) is 38.5 Å². The lowest BCUT2D eigenvalue weighted by Crippen LogP contribution is -2.46. The number of hydrogen-bond acceptors (Lipinski definition) is 4. The highest BCUT2D eigenvalue weighted by Gasteiger charge is 2.29. The average molecular weight is 360 g/mol. The van der Waals surface area contributed by atoms with Crippen molar-refractivity contribution in [3.05, 3.63) is 23.3 Å². The molecule has 2 aliphatic rings. The van der Waals surface area contributed by atoms with Gasteiger partial charge in [0.1, 0.15) is 0 Å². The zero-order chi connectivity index (χ0) is 18.5. The third-order valence-electron chi connectivity index (χ3n) is 6.33. The minimum Gasteiger partial charge on any atom is -0.478 e. The molecule has 2 saturated carbocycles. The van der Waals surface area contributed by atoms with Crippen LogP contribution in [0.15, 0.2) is 12.1 Å². The molecular formula is C21H33N3O2.